The van der Waals surface area contributed by atoms with Gasteiger partial charge in [0, 0.05) is 11.1 Å². The third-order valence-electron chi connectivity index (χ3n) is 2.99. The highest BCUT2D eigenvalue weighted by atomic mass is 79.9. The van der Waals surface area contributed by atoms with Crippen molar-refractivity contribution in [3.63, 3.8) is 0 Å². The molecule has 0 aromatic heterocycles. The zero-order valence-corrected chi connectivity index (χ0v) is 13.1. The quantitative estimate of drug-likeness (QED) is 0.821. The zero-order valence-electron chi connectivity index (χ0n) is 11.5. The second kappa shape index (κ2) is 7.63. The van der Waals surface area contributed by atoms with Crippen LogP contribution in [0.2, 0.25) is 0 Å². The van der Waals surface area contributed by atoms with Crippen molar-refractivity contribution in [2.24, 2.45) is 0 Å². The third kappa shape index (κ3) is 4.78. The first-order chi connectivity index (χ1) is 9.67. The van der Waals surface area contributed by atoms with E-state index in [0.29, 0.717) is 17.9 Å². The van der Waals surface area contributed by atoms with Gasteiger partial charge >= 0.3 is 0 Å². The van der Waals surface area contributed by atoms with Crippen molar-refractivity contribution in [2.75, 3.05) is 13.2 Å². The fourth-order valence-electron chi connectivity index (χ4n) is 2.05. The smallest absolute Gasteiger partial charge is 0.157 e. The number of hydrogen-bond acceptors (Lipinski definition) is 4. The first-order valence-corrected chi connectivity index (χ1v) is 7.57. The van der Waals surface area contributed by atoms with Crippen LogP contribution in [-0.4, -0.2) is 25.6 Å². The van der Waals surface area contributed by atoms with E-state index < -0.39 is 0 Å². The lowest BCUT2D eigenvalue weighted by Gasteiger charge is -2.24. The Kier molecular flexibility index (Phi) is 5.84. The second-order valence-corrected chi connectivity index (χ2v) is 5.76. The largest absolute Gasteiger partial charge is 0.488 e. The van der Waals surface area contributed by atoms with Gasteiger partial charge < -0.3 is 14.2 Å². The lowest BCUT2D eigenvalue weighted by Crippen LogP contribution is -2.28. The standard InChI is InChI=1S/C15H18BrNO3/c1-11(10-19-15-4-2-3-5-18-15)20-14-7-12(9-17)6-13(16)8-14/h6-8,11,15H,2-5,10H2,1H3. The van der Waals surface area contributed by atoms with E-state index in [9.17, 15) is 0 Å². The maximum atomic E-state index is 8.93. The molecule has 1 aromatic rings. The average Bonchev–Trinajstić information content (AvgIpc) is 2.45. The minimum Gasteiger partial charge on any atom is -0.488 e. The van der Waals surface area contributed by atoms with Crippen LogP contribution < -0.4 is 4.74 Å². The van der Waals surface area contributed by atoms with Crippen molar-refractivity contribution in [1.29, 1.82) is 5.26 Å². The van der Waals surface area contributed by atoms with Crippen LogP contribution in [0.1, 0.15) is 31.7 Å². The SMILES string of the molecule is CC(COC1CCCCO1)Oc1cc(Br)cc(C#N)c1. The highest BCUT2D eigenvalue weighted by molar-refractivity contribution is 9.10. The van der Waals surface area contributed by atoms with E-state index in [4.69, 9.17) is 19.5 Å². The number of ether oxygens (including phenoxy) is 3. The Morgan fingerprint density at radius 1 is 1.45 bits per heavy atom. The van der Waals surface area contributed by atoms with E-state index >= 15 is 0 Å². The molecule has 1 heterocycles. The van der Waals surface area contributed by atoms with Crippen LogP contribution in [0, 0.1) is 11.3 Å². The molecule has 0 N–H and O–H groups in total. The van der Waals surface area contributed by atoms with Gasteiger partial charge in [0.2, 0.25) is 0 Å². The Labute approximate surface area is 127 Å². The van der Waals surface area contributed by atoms with Crippen LogP contribution in [0.5, 0.6) is 5.75 Å². The van der Waals surface area contributed by atoms with E-state index in [1.807, 2.05) is 13.0 Å². The molecular formula is C15H18BrNO3. The Morgan fingerprint density at radius 2 is 2.30 bits per heavy atom. The maximum absolute atomic E-state index is 8.93. The van der Waals surface area contributed by atoms with Crippen LogP contribution >= 0.6 is 15.9 Å². The lowest BCUT2D eigenvalue weighted by molar-refractivity contribution is -0.171. The summed E-state index contributed by atoms with van der Waals surface area (Å²) in [7, 11) is 0. The Hall–Kier alpha value is -1.09. The van der Waals surface area contributed by atoms with Crippen LogP contribution in [-0.2, 0) is 9.47 Å². The molecule has 0 amide bonds. The molecule has 0 bridgehead atoms. The van der Waals surface area contributed by atoms with Crippen molar-refractivity contribution in [2.45, 2.75) is 38.6 Å². The highest BCUT2D eigenvalue weighted by Gasteiger charge is 2.16. The van der Waals surface area contributed by atoms with E-state index in [0.717, 1.165) is 30.3 Å². The molecule has 20 heavy (non-hydrogen) atoms. The molecule has 0 radical (unpaired) electrons. The van der Waals surface area contributed by atoms with Gasteiger partial charge in [-0.2, -0.15) is 5.26 Å². The molecule has 0 aliphatic carbocycles. The minimum atomic E-state index is -0.105. The Morgan fingerprint density at radius 3 is 3.00 bits per heavy atom. The molecule has 2 unspecified atom stereocenters. The molecule has 1 aliphatic rings. The van der Waals surface area contributed by atoms with E-state index in [1.165, 1.54) is 0 Å². The molecule has 0 spiro atoms. The van der Waals surface area contributed by atoms with Crippen molar-refractivity contribution in [3.05, 3.63) is 28.2 Å². The predicted octanol–water partition coefficient (Wildman–Crippen LogP) is 3.63. The molecule has 1 aliphatic heterocycles. The second-order valence-electron chi connectivity index (χ2n) is 4.85. The Bertz CT molecular complexity index is 480. The van der Waals surface area contributed by atoms with E-state index in [1.54, 1.807) is 12.1 Å². The van der Waals surface area contributed by atoms with Gasteiger partial charge in [0.15, 0.2) is 6.29 Å². The van der Waals surface area contributed by atoms with Gasteiger partial charge in [-0.25, -0.2) is 0 Å². The molecule has 1 fully saturated rings. The molecule has 1 aromatic carbocycles. The zero-order chi connectivity index (χ0) is 14.4. The number of halogens is 1. The number of nitriles is 1. The van der Waals surface area contributed by atoms with Crippen molar-refractivity contribution >= 4 is 15.9 Å². The summed E-state index contributed by atoms with van der Waals surface area (Å²) in [6.07, 6.45) is 3.01. The van der Waals surface area contributed by atoms with Gasteiger partial charge in [0.05, 0.1) is 18.2 Å². The van der Waals surface area contributed by atoms with Crippen LogP contribution in [0.3, 0.4) is 0 Å². The summed E-state index contributed by atoms with van der Waals surface area (Å²) in [5.74, 6) is 0.664. The predicted molar refractivity (Wildman–Crippen MR) is 78.5 cm³/mol. The number of rotatable bonds is 5. The van der Waals surface area contributed by atoms with Crippen LogP contribution in [0.15, 0.2) is 22.7 Å². The van der Waals surface area contributed by atoms with Gasteiger partial charge in [0.25, 0.3) is 0 Å². The first kappa shape index (κ1) is 15.3. The fourth-order valence-corrected chi connectivity index (χ4v) is 2.52. The monoisotopic (exact) mass is 339 g/mol. The minimum absolute atomic E-state index is 0.0960. The van der Waals surface area contributed by atoms with Crippen LogP contribution in [0.25, 0.3) is 0 Å². The number of benzene rings is 1. The summed E-state index contributed by atoms with van der Waals surface area (Å²) in [6.45, 7) is 3.19. The average molecular weight is 340 g/mol. The summed E-state index contributed by atoms with van der Waals surface area (Å²) in [6, 6.07) is 7.42. The van der Waals surface area contributed by atoms with Crippen molar-refractivity contribution < 1.29 is 14.2 Å². The fraction of sp³-hybridized carbons (Fsp3) is 0.533. The molecule has 5 heteroatoms. The molecule has 2 atom stereocenters. The normalized spacial score (nSPS) is 20.1. The summed E-state index contributed by atoms with van der Waals surface area (Å²) in [5.41, 5.74) is 0.568. The van der Waals surface area contributed by atoms with Gasteiger partial charge in [-0.1, -0.05) is 15.9 Å². The highest BCUT2D eigenvalue weighted by Crippen LogP contribution is 2.22. The van der Waals surface area contributed by atoms with Gasteiger partial charge in [-0.05, 0) is 44.4 Å². The van der Waals surface area contributed by atoms with Gasteiger partial charge in [-0.15, -0.1) is 0 Å². The lowest BCUT2D eigenvalue weighted by atomic mass is 10.2. The summed E-state index contributed by atoms with van der Waals surface area (Å²) in [4.78, 5) is 0. The van der Waals surface area contributed by atoms with E-state index in [2.05, 4.69) is 22.0 Å². The number of nitrogens with zero attached hydrogens (tertiary/aromatic N) is 1. The van der Waals surface area contributed by atoms with Crippen molar-refractivity contribution in [1.82, 2.24) is 0 Å². The Balaban J connectivity index is 1.83. The summed E-state index contributed by atoms with van der Waals surface area (Å²) >= 11 is 3.36. The molecule has 2 rings (SSSR count). The maximum Gasteiger partial charge on any atom is 0.157 e. The van der Waals surface area contributed by atoms with Gasteiger partial charge in [0.1, 0.15) is 11.9 Å². The summed E-state index contributed by atoms with van der Waals surface area (Å²) < 4.78 is 17.8. The topological polar surface area (TPSA) is 51.5 Å². The van der Waals surface area contributed by atoms with Crippen LogP contribution in [0.4, 0.5) is 0 Å². The first-order valence-electron chi connectivity index (χ1n) is 6.78. The van der Waals surface area contributed by atoms with Crippen molar-refractivity contribution in [3.8, 4) is 11.8 Å². The van der Waals surface area contributed by atoms with Gasteiger partial charge in [-0.3, -0.25) is 0 Å². The summed E-state index contributed by atoms with van der Waals surface area (Å²) in [5, 5.41) is 8.93. The molecular weight excluding hydrogens is 322 g/mol. The molecule has 0 saturated carbocycles. The molecule has 108 valence electrons. The third-order valence-corrected chi connectivity index (χ3v) is 3.45. The molecule has 4 nitrogen and oxygen atoms in total. The van der Waals surface area contributed by atoms with E-state index in [-0.39, 0.29) is 12.4 Å². The molecule has 1 saturated heterocycles. The number of hydrogen-bond donors (Lipinski definition) is 0.